The molecular weight excluding hydrogens is 214 g/mol. The summed E-state index contributed by atoms with van der Waals surface area (Å²) in [5, 5.41) is 4.46. The number of aromatic nitrogens is 2. The summed E-state index contributed by atoms with van der Waals surface area (Å²) in [6.45, 7) is 5.94. The van der Waals surface area contributed by atoms with Crippen molar-refractivity contribution in [1.29, 1.82) is 0 Å². The maximum Gasteiger partial charge on any atom is 0.257 e. The minimum absolute atomic E-state index is 0.185. The van der Waals surface area contributed by atoms with E-state index in [0.717, 1.165) is 55.7 Å². The lowest BCUT2D eigenvalue weighted by Crippen LogP contribution is -2.29. The van der Waals surface area contributed by atoms with E-state index >= 15 is 0 Å². The number of likely N-dealkylation sites (tertiary alicyclic amines) is 1. The molecule has 0 radical (unpaired) electrons. The normalized spacial score (nSPS) is 15.6. The van der Waals surface area contributed by atoms with Crippen LogP contribution in [0.1, 0.15) is 48.4 Å². The molecule has 0 bridgehead atoms. The molecular formula is C13H21N3O. The SMILES string of the molecule is CCc1nn(C)c(CC)c1C(=O)N1CCCC1. The molecule has 1 saturated heterocycles. The number of amides is 1. The molecule has 0 saturated carbocycles. The highest BCUT2D eigenvalue weighted by Crippen LogP contribution is 2.20. The van der Waals surface area contributed by atoms with E-state index in [4.69, 9.17) is 0 Å². The van der Waals surface area contributed by atoms with Crippen LogP contribution < -0.4 is 0 Å². The van der Waals surface area contributed by atoms with Gasteiger partial charge in [0.2, 0.25) is 0 Å². The first-order valence-corrected chi connectivity index (χ1v) is 6.53. The average molecular weight is 235 g/mol. The van der Waals surface area contributed by atoms with E-state index in [1.807, 2.05) is 16.6 Å². The molecule has 1 aromatic heterocycles. The van der Waals surface area contributed by atoms with Crippen molar-refractivity contribution in [3.8, 4) is 0 Å². The Labute approximate surface area is 103 Å². The highest BCUT2D eigenvalue weighted by molar-refractivity contribution is 5.96. The lowest BCUT2D eigenvalue weighted by molar-refractivity contribution is 0.0790. The van der Waals surface area contributed by atoms with Crippen molar-refractivity contribution < 1.29 is 4.79 Å². The smallest absolute Gasteiger partial charge is 0.257 e. The van der Waals surface area contributed by atoms with Crippen molar-refractivity contribution in [2.75, 3.05) is 13.1 Å². The van der Waals surface area contributed by atoms with Crippen molar-refractivity contribution in [2.45, 2.75) is 39.5 Å². The maximum atomic E-state index is 12.5. The fourth-order valence-electron chi connectivity index (χ4n) is 2.60. The Morgan fingerprint density at radius 2 is 1.88 bits per heavy atom. The van der Waals surface area contributed by atoms with Crippen LogP contribution in [0.5, 0.6) is 0 Å². The van der Waals surface area contributed by atoms with Gasteiger partial charge in [-0.15, -0.1) is 0 Å². The third kappa shape index (κ3) is 2.08. The first kappa shape index (κ1) is 12.1. The molecule has 1 amide bonds. The van der Waals surface area contributed by atoms with Gasteiger partial charge in [0, 0.05) is 20.1 Å². The lowest BCUT2D eigenvalue weighted by atomic mass is 10.1. The third-order valence-electron chi connectivity index (χ3n) is 3.52. The van der Waals surface area contributed by atoms with Crippen LogP contribution in [0.25, 0.3) is 0 Å². The molecule has 2 heterocycles. The van der Waals surface area contributed by atoms with Crippen LogP contribution in [0.3, 0.4) is 0 Å². The monoisotopic (exact) mass is 235 g/mol. The molecule has 1 aromatic rings. The van der Waals surface area contributed by atoms with Crippen molar-refractivity contribution in [1.82, 2.24) is 14.7 Å². The molecule has 0 spiro atoms. The summed E-state index contributed by atoms with van der Waals surface area (Å²) in [5.41, 5.74) is 2.87. The zero-order valence-electron chi connectivity index (χ0n) is 11.0. The Morgan fingerprint density at radius 1 is 1.24 bits per heavy atom. The van der Waals surface area contributed by atoms with Gasteiger partial charge in [0.25, 0.3) is 5.91 Å². The maximum absolute atomic E-state index is 12.5. The number of carbonyl (C=O) groups is 1. The quantitative estimate of drug-likeness (QED) is 0.801. The highest BCUT2D eigenvalue weighted by Gasteiger charge is 2.26. The molecule has 17 heavy (non-hydrogen) atoms. The van der Waals surface area contributed by atoms with E-state index in [0.29, 0.717) is 0 Å². The number of hydrogen-bond donors (Lipinski definition) is 0. The molecule has 0 unspecified atom stereocenters. The second kappa shape index (κ2) is 4.90. The minimum atomic E-state index is 0.185. The Kier molecular flexibility index (Phi) is 3.50. The van der Waals surface area contributed by atoms with Crippen molar-refractivity contribution >= 4 is 5.91 Å². The van der Waals surface area contributed by atoms with Crippen LogP contribution in [0, 0.1) is 0 Å². The molecule has 1 aliphatic heterocycles. The number of hydrogen-bond acceptors (Lipinski definition) is 2. The lowest BCUT2D eigenvalue weighted by Gasteiger charge is -2.16. The van der Waals surface area contributed by atoms with Crippen LogP contribution in [0.4, 0.5) is 0 Å². The number of aryl methyl sites for hydroxylation is 2. The molecule has 0 N–H and O–H groups in total. The first-order valence-electron chi connectivity index (χ1n) is 6.53. The molecule has 1 aliphatic rings. The minimum Gasteiger partial charge on any atom is -0.339 e. The molecule has 0 atom stereocenters. The van der Waals surface area contributed by atoms with Gasteiger partial charge in [-0.1, -0.05) is 13.8 Å². The first-order chi connectivity index (χ1) is 8.19. The Balaban J connectivity index is 2.38. The summed E-state index contributed by atoms with van der Waals surface area (Å²) in [6.07, 6.45) is 3.95. The zero-order chi connectivity index (χ0) is 12.4. The number of carbonyl (C=O) groups excluding carboxylic acids is 1. The molecule has 94 valence electrons. The second-order valence-corrected chi connectivity index (χ2v) is 4.60. The molecule has 0 aromatic carbocycles. The topological polar surface area (TPSA) is 38.1 Å². The van der Waals surface area contributed by atoms with Gasteiger partial charge in [-0.3, -0.25) is 9.48 Å². The van der Waals surface area contributed by atoms with E-state index in [2.05, 4.69) is 18.9 Å². The number of nitrogens with zero attached hydrogens (tertiary/aromatic N) is 3. The molecule has 0 aliphatic carbocycles. The van der Waals surface area contributed by atoms with E-state index in [9.17, 15) is 4.79 Å². The van der Waals surface area contributed by atoms with E-state index in [1.54, 1.807) is 0 Å². The van der Waals surface area contributed by atoms with Crippen LogP contribution in [0.15, 0.2) is 0 Å². The average Bonchev–Trinajstić information content (AvgIpc) is 2.94. The molecule has 4 heteroatoms. The Hall–Kier alpha value is -1.32. The van der Waals surface area contributed by atoms with Crippen LogP contribution in [0.2, 0.25) is 0 Å². The summed E-state index contributed by atoms with van der Waals surface area (Å²) in [6, 6.07) is 0. The molecule has 2 rings (SSSR count). The van der Waals surface area contributed by atoms with Gasteiger partial charge in [-0.25, -0.2) is 0 Å². The number of rotatable bonds is 3. The fraction of sp³-hybridized carbons (Fsp3) is 0.692. The summed E-state index contributed by atoms with van der Waals surface area (Å²) in [5.74, 6) is 0.185. The van der Waals surface area contributed by atoms with Crippen molar-refractivity contribution in [3.63, 3.8) is 0 Å². The van der Waals surface area contributed by atoms with Crippen molar-refractivity contribution in [2.24, 2.45) is 7.05 Å². The zero-order valence-corrected chi connectivity index (χ0v) is 11.0. The summed E-state index contributed by atoms with van der Waals surface area (Å²) >= 11 is 0. The van der Waals surface area contributed by atoms with Crippen LogP contribution in [-0.4, -0.2) is 33.7 Å². The van der Waals surface area contributed by atoms with Crippen molar-refractivity contribution in [3.05, 3.63) is 17.0 Å². The van der Waals surface area contributed by atoms with E-state index in [-0.39, 0.29) is 5.91 Å². The van der Waals surface area contributed by atoms with Gasteiger partial charge in [-0.2, -0.15) is 5.10 Å². The van der Waals surface area contributed by atoms with Gasteiger partial charge in [0.05, 0.1) is 17.0 Å². The Morgan fingerprint density at radius 3 is 2.41 bits per heavy atom. The van der Waals surface area contributed by atoms with E-state index < -0.39 is 0 Å². The molecule has 1 fully saturated rings. The third-order valence-corrected chi connectivity index (χ3v) is 3.52. The van der Waals surface area contributed by atoms with Gasteiger partial charge in [0.15, 0.2) is 0 Å². The van der Waals surface area contributed by atoms with Gasteiger partial charge in [-0.05, 0) is 25.7 Å². The predicted octanol–water partition coefficient (Wildman–Crippen LogP) is 1.78. The van der Waals surface area contributed by atoms with Gasteiger partial charge >= 0.3 is 0 Å². The molecule has 4 nitrogen and oxygen atoms in total. The summed E-state index contributed by atoms with van der Waals surface area (Å²) in [7, 11) is 1.93. The Bertz CT molecular complexity index is 417. The summed E-state index contributed by atoms with van der Waals surface area (Å²) in [4.78, 5) is 14.5. The van der Waals surface area contributed by atoms with Crippen LogP contribution in [-0.2, 0) is 19.9 Å². The highest BCUT2D eigenvalue weighted by atomic mass is 16.2. The summed E-state index contributed by atoms with van der Waals surface area (Å²) < 4.78 is 1.86. The predicted molar refractivity (Wildman–Crippen MR) is 67.1 cm³/mol. The van der Waals surface area contributed by atoms with Gasteiger partial charge in [0.1, 0.15) is 0 Å². The second-order valence-electron chi connectivity index (χ2n) is 4.60. The van der Waals surface area contributed by atoms with E-state index in [1.165, 1.54) is 0 Å². The standard InChI is InChI=1S/C13H21N3O/c1-4-10-12(11(5-2)15(3)14-10)13(17)16-8-6-7-9-16/h4-9H2,1-3H3. The van der Waals surface area contributed by atoms with Gasteiger partial charge < -0.3 is 4.90 Å². The fourth-order valence-corrected chi connectivity index (χ4v) is 2.60. The van der Waals surface area contributed by atoms with Crippen LogP contribution >= 0.6 is 0 Å². The largest absolute Gasteiger partial charge is 0.339 e.